The molecular weight excluding hydrogens is 406 g/mol. The van der Waals surface area contributed by atoms with Crippen LogP contribution in [0.3, 0.4) is 0 Å². The van der Waals surface area contributed by atoms with Gasteiger partial charge in [0.05, 0.1) is 17.4 Å². The highest BCUT2D eigenvalue weighted by atomic mass is 15.3. The topological polar surface area (TPSA) is 38.9 Å². The number of aromatic nitrogens is 4. The Kier molecular flexibility index (Phi) is 4.70. The molecule has 0 saturated carbocycles. The fraction of sp³-hybridized carbons (Fsp3) is 0. The van der Waals surface area contributed by atoms with E-state index in [9.17, 15) is 0 Å². The number of pyridine rings is 1. The van der Waals surface area contributed by atoms with E-state index >= 15 is 0 Å². The SMILES string of the molecule is c1ccc(N(c2cccc(-n3ncc4ccccc43)c2)c2cccc(-n3cccc3)n2)cc1. The molecule has 0 fully saturated rings. The average molecular weight is 428 g/mol. The Bertz CT molecular complexity index is 1520. The summed E-state index contributed by atoms with van der Waals surface area (Å²) in [4.78, 5) is 7.15. The molecule has 3 aromatic carbocycles. The summed E-state index contributed by atoms with van der Waals surface area (Å²) in [5.41, 5.74) is 4.12. The van der Waals surface area contributed by atoms with Crippen molar-refractivity contribution in [1.29, 1.82) is 0 Å². The van der Waals surface area contributed by atoms with Crippen LogP contribution in [0.2, 0.25) is 0 Å². The van der Waals surface area contributed by atoms with Gasteiger partial charge in [0.15, 0.2) is 0 Å². The van der Waals surface area contributed by atoms with Crippen molar-refractivity contribution in [1.82, 2.24) is 19.3 Å². The number of benzene rings is 3. The highest BCUT2D eigenvalue weighted by molar-refractivity contribution is 5.81. The van der Waals surface area contributed by atoms with Crippen molar-refractivity contribution in [2.45, 2.75) is 0 Å². The van der Waals surface area contributed by atoms with Gasteiger partial charge in [0.2, 0.25) is 0 Å². The van der Waals surface area contributed by atoms with Crippen LogP contribution < -0.4 is 4.90 Å². The third-order valence-electron chi connectivity index (χ3n) is 5.64. The Morgan fingerprint density at radius 3 is 2.27 bits per heavy atom. The summed E-state index contributed by atoms with van der Waals surface area (Å²) in [5, 5.41) is 5.75. The van der Waals surface area contributed by atoms with Crippen molar-refractivity contribution >= 4 is 28.1 Å². The fourth-order valence-corrected chi connectivity index (χ4v) is 4.10. The number of nitrogens with zero attached hydrogens (tertiary/aromatic N) is 5. The van der Waals surface area contributed by atoms with Crippen LogP contribution in [0.25, 0.3) is 22.4 Å². The Morgan fingerprint density at radius 1 is 0.636 bits per heavy atom. The standard InChI is InChI=1S/C28H21N5/c1-2-11-23(12-3-1)32(28-17-9-16-27(30-28)31-18-6-7-19-31)24-13-8-14-25(20-24)33-26-15-5-4-10-22(26)21-29-33/h1-21H. The minimum atomic E-state index is 0.842. The summed E-state index contributed by atoms with van der Waals surface area (Å²) in [6.07, 6.45) is 5.91. The summed E-state index contributed by atoms with van der Waals surface area (Å²) >= 11 is 0. The van der Waals surface area contributed by atoms with Gasteiger partial charge in [-0.3, -0.25) is 4.90 Å². The molecule has 0 radical (unpaired) electrons. The van der Waals surface area contributed by atoms with Crippen LogP contribution in [0, 0.1) is 0 Å². The zero-order valence-corrected chi connectivity index (χ0v) is 17.9. The van der Waals surface area contributed by atoms with E-state index < -0.39 is 0 Å². The summed E-state index contributed by atoms with van der Waals surface area (Å²) in [5.74, 6) is 1.71. The van der Waals surface area contributed by atoms with E-state index in [-0.39, 0.29) is 0 Å². The second-order valence-electron chi connectivity index (χ2n) is 7.75. The first-order valence-corrected chi connectivity index (χ1v) is 10.9. The van der Waals surface area contributed by atoms with Crippen LogP contribution in [0.15, 0.2) is 128 Å². The van der Waals surface area contributed by atoms with Crippen LogP contribution in [0.4, 0.5) is 17.2 Å². The van der Waals surface area contributed by atoms with Crippen molar-refractivity contribution < 1.29 is 0 Å². The third-order valence-corrected chi connectivity index (χ3v) is 5.64. The van der Waals surface area contributed by atoms with Gasteiger partial charge in [-0.25, -0.2) is 9.67 Å². The van der Waals surface area contributed by atoms with Gasteiger partial charge in [-0.2, -0.15) is 5.10 Å². The van der Waals surface area contributed by atoms with E-state index in [4.69, 9.17) is 4.98 Å². The van der Waals surface area contributed by atoms with Gasteiger partial charge in [-0.05, 0) is 60.7 Å². The quantitative estimate of drug-likeness (QED) is 0.308. The first-order valence-electron chi connectivity index (χ1n) is 10.9. The second kappa shape index (κ2) is 8.13. The Balaban J connectivity index is 1.50. The molecule has 5 heteroatoms. The Morgan fingerprint density at radius 2 is 1.39 bits per heavy atom. The monoisotopic (exact) mass is 427 g/mol. The molecule has 0 amide bonds. The summed E-state index contributed by atoms with van der Waals surface area (Å²) in [6, 6.07) is 37.0. The van der Waals surface area contributed by atoms with Crippen LogP contribution in [0.5, 0.6) is 0 Å². The summed E-state index contributed by atoms with van der Waals surface area (Å²) in [7, 11) is 0. The first kappa shape index (κ1) is 19.1. The smallest absolute Gasteiger partial charge is 0.140 e. The van der Waals surface area contributed by atoms with Gasteiger partial charge in [0.1, 0.15) is 11.6 Å². The van der Waals surface area contributed by atoms with E-state index in [0.717, 1.165) is 39.6 Å². The molecule has 6 rings (SSSR count). The third kappa shape index (κ3) is 3.55. The number of fused-ring (bicyclic) bond motifs is 1. The van der Waals surface area contributed by atoms with Crippen molar-refractivity contribution in [3.63, 3.8) is 0 Å². The van der Waals surface area contributed by atoms with Crippen molar-refractivity contribution in [2.75, 3.05) is 4.90 Å². The number of hydrogen-bond acceptors (Lipinski definition) is 3. The maximum absolute atomic E-state index is 4.98. The van der Waals surface area contributed by atoms with E-state index in [1.165, 1.54) is 0 Å². The predicted octanol–water partition coefficient (Wildman–Crippen LogP) is 6.68. The molecule has 5 nitrogen and oxygen atoms in total. The van der Waals surface area contributed by atoms with Crippen LogP contribution >= 0.6 is 0 Å². The zero-order valence-electron chi connectivity index (χ0n) is 17.9. The molecule has 33 heavy (non-hydrogen) atoms. The van der Waals surface area contributed by atoms with Gasteiger partial charge in [0.25, 0.3) is 0 Å². The molecule has 0 unspecified atom stereocenters. The normalized spacial score (nSPS) is 11.0. The number of anilines is 3. The van der Waals surface area contributed by atoms with E-state index in [2.05, 4.69) is 58.5 Å². The molecule has 0 aliphatic carbocycles. The molecule has 0 bridgehead atoms. The number of para-hydroxylation sites is 2. The molecule has 6 aromatic rings. The van der Waals surface area contributed by atoms with Crippen LogP contribution in [-0.2, 0) is 0 Å². The maximum atomic E-state index is 4.98. The summed E-state index contributed by atoms with van der Waals surface area (Å²) < 4.78 is 3.99. The highest BCUT2D eigenvalue weighted by Gasteiger charge is 2.16. The minimum Gasteiger partial charge on any atom is -0.309 e. The Labute approximate surface area is 191 Å². The van der Waals surface area contributed by atoms with Crippen molar-refractivity contribution in [3.8, 4) is 11.5 Å². The van der Waals surface area contributed by atoms with Gasteiger partial charge in [0, 0.05) is 29.2 Å². The Hall–Kier alpha value is -4.64. The van der Waals surface area contributed by atoms with Gasteiger partial charge in [-0.15, -0.1) is 0 Å². The van der Waals surface area contributed by atoms with E-state index in [1.54, 1.807) is 0 Å². The number of hydrogen-bond donors (Lipinski definition) is 0. The minimum absolute atomic E-state index is 0.842. The largest absolute Gasteiger partial charge is 0.309 e. The molecular formula is C28H21N5. The maximum Gasteiger partial charge on any atom is 0.140 e. The van der Waals surface area contributed by atoms with Gasteiger partial charge >= 0.3 is 0 Å². The molecule has 3 aromatic heterocycles. The molecule has 0 saturated heterocycles. The molecule has 0 N–H and O–H groups in total. The lowest BCUT2D eigenvalue weighted by atomic mass is 10.2. The van der Waals surface area contributed by atoms with E-state index in [1.807, 2.05) is 88.5 Å². The molecule has 0 spiro atoms. The fourth-order valence-electron chi connectivity index (χ4n) is 4.10. The number of rotatable bonds is 5. The second-order valence-corrected chi connectivity index (χ2v) is 7.75. The van der Waals surface area contributed by atoms with Crippen molar-refractivity contribution in [2.24, 2.45) is 0 Å². The van der Waals surface area contributed by atoms with Crippen LogP contribution in [0.1, 0.15) is 0 Å². The first-order chi connectivity index (χ1) is 16.4. The molecule has 0 aliphatic rings. The summed E-state index contributed by atoms with van der Waals surface area (Å²) in [6.45, 7) is 0. The highest BCUT2D eigenvalue weighted by Crippen LogP contribution is 2.34. The van der Waals surface area contributed by atoms with Gasteiger partial charge < -0.3 is 4.57 Å². The molecule has 0 aliphatic heterocycles. The van der Waals surface area contributed by atoms with Crippen molar-refractivity contribution in [3.05, 3.63) is 128 Å². The molecule has 3 heterocycles. The predicted molar refractivity (Wildman–Crippen MR) is 133 cm³/mol. The molecule has 158 valence electrons. The van der Waals surface area contributed by atoms with E-state index in [0.29, 0.717) is 0 Å². The lowest BCUT2D eigenvalue weighted by molar-refractivity contribution is 0.910. The van der Waals surface area contributed by atoms with Gasteiger partial charge in [-0.1, -0.05) is 48.5 Å². The molecule has 0 atom stereocenters. The van der Waals surface area contributed by atoms with Crippen LogP contribution in [-0.4, -0.2) is 19.3 Å². The lowest BCUT2D eigenvalue weighted by Gasteiger charge is -2.25. The lowest BCUT2D eigenvalue weighted by Crippen LogP contribution is -2.13. The average Bonchev–Trinajstić information content (AvgIpc) is 3.56. The zero-order chi connectivity index (χ0) is 22.0.